The van der Waals surface area contributed by atoms with Gasteiger partial charge in [0.1, 0.15) is 5.82 Å². The molecule has 1 N–H and O–H groups in total. The zero-order chi connectivity index (χ0) is 19.4. The number of benzene rings is 2. The van der Waals surface area contributed by atoms with E-state index in [1.807, 2.05) is 54.9 Å². The smallest absolute Gasteiger partial charge is 0.247 e. The molecule has 0 saturated carbocycles. The molecule has 1 heterocycles. The van der Waals surface area contributed by atoms with Crippen LogP contribution in [0.3, 0.4) is 0 Å². The van der Waals surface area contributed by atoms with Crippen molar-refractivity contribution in [1.29, 1.82) is 0 Å². The van der Waals surface area contributed by atoms with E-state index in [1.165, 1.54) is 0 Å². The summed E-state index contributed by atoms with van der Waals surface area (Å²) in [6.45, 7) is 1.82. The van der Waals surface area contributed by atoms with E-state index in [9.17, 15) is 4.79 Å². The molecule has 27 heavy (non-hydrogen) atoms. The maximum atomic E-state index is 12.3. The lowest BCUT2D eigenvalue weighted by atomic mass is 10.1. The number of hydrazone groups is 1. The minimum Gasteiger partial charge on any atom is -0.493 e. The van der Waals surface area contributed by atoms with E-state index in [2.05, 4.69) is 15.5 Å². The van der Waals surface area contributed by atoms with Crippen molar-refractivity contribution in [2.24, 2.45) is 12.1 Å². The number of imidazole rings is 1. The predicted octanol–water partition coefficient (Wildman–Crippen LogP) is 2.67. The first-order valence-corrected chi connectivity index (χ1v) is 8.49. The van der Waals surface area contributed by atoms with Crippen molar-refractivity contribution in [3.05, 3.63) is 53.9 Å². The van der Waals surface area contributed by atoms with Gasteiger partial charge in [-0.05, 0) is 37.3 Å². The molecule has 0 saturated heterocycles. The molecule has 0 fully saturated rings. The summed E-state index contributed by atoms with van der Waals surface area (Å²) in [5.41, 5.74) is 5.94. The van der Waals surface area contributed by atoms with Gasteiger partial charge in [-0.1, -0.05) is 12.1 Å². The molecule has 0 atom stereocenters. The Hall–Kier alpha value is -3.35. The topological polar surface area (TPSA) is 77.7 Å². The fraction of sp³-hybridized carbons (Fsp3) is 0.250. The number of amides is 1. The second-order valence-corrected chi connectivity index (χ2v) is 6.05. The molecule has 2 aromatic carbocycles. The average Bonchev–Trinajstić information content (AvgIpc) is 3.01. The average molecular weight is 366 g/mol. The van der Waals surface area contributed by atoms with Crippen LogP contribution in [-0.2, 0) is 18.3 Å². The molecule has 0 bridgehead atoms. The number of methoxy groups -OCH3 is 2. The van der Waals surface area contributed by atoms with Crippen LogP contribution >= 0.6 is 0 Å². The van der Waals surface area contributed by atoms with Gasteiger partial charge in [-0.25, -0.2) is 10.4 Å². The molecular formula is C20H22N4O3. The number of ether oxygens (including phenoxy) is 2. The first-order chi connectivity index (χ1) is 13.0. The van der Waals surface area contributed by atoms with Crippen molar-refractivity contribution in [2.75, 3.05) is 14.2 Å². The maximum Gasteiger partial charge on any atom is 0.247 e. The van der Waals surface area contributed by atoms with Crippen LogP contribution in [-0.4, -0.2) is 35.4 Å². The minimum absolute atomic E-state index is 0.147. The van der Waals surface area contributed by atoms with Crippen LogP contribution in [0.5, 0.6) is 11.5 Å². The lowest BCUT2D eigenvalue weighted by Gasteiger charge is -2.09. The summed E-state index contributed by atoms with van der Waals surface area (Å²) in [6.07, 6.45) is 0.147. The highest BCUT2D eigenvalue weighted by Crippen LogP contribution is 2.27. The van der Waals surface area contributed by atoms with Crippen molar-refractivity contribution in [3.63, 3.8) is 0 Å². The molecule has 0 aliphatic heterocycles. The SMILES string of the molecule is COc1ccc(/C(C)=N/NC(=O)Cc2nc3ccccc3n2C)cc1OC. The third-order valence-electron chi connectivity index (χ3n) is 4.35. The van der Waals surface area contributed by atoms with Crippen LogP contribution in [0.25, 0.3) is 11.0 Å². The van der Waals surface area contributed by atoms with Gasteiger partial charge in [-0.15, -0.1) is 0 Å². The fourth-order valence-corrected chi connectivity index (χ4v) is 2.81. The number of nitrogens with zero attached hydrogens (tertiary/aromatic N) is 3. The standard InChI is InChI=1S/C20H22N4O3/c1-13(14-9-10-17(26-3)18(11-14)27-4)22-23-20(25)12-19-21-15-7-5-6-8-16(15)24(19)2/h5-11H,12H2,1-4H3,(H,23,25)/b22-13+. The minimum atomic E-state index is -0.228. The molecule has 0 aliphatic rings. The van der Waals surface area contributed by atoms with Crippen LogP contribution in [0.4, 0.5) is 0 Å². The first kappa shape index (κ1) is 18.4. The molecule has 140 valence electrons. The van der Waals surface area contributed by atoms with Gasteiger partial charge in [-0.2, -0.15) is 5.10 Å². The van der Waals surface area contributed by atoms with Gasteiger partial charge in [-0.3, -0.25) is 4.79 Å². The van der Waals surface area contributed by atoms with Crippen LogP contribution in [0.2, 0.25) is 0 Å². The number of aryl methyl sites for hydroxylation is 1. The Morgan fingerprint density at radius 1 is 1.15 bits per heavy atom. The van der Waals surface area contributed by atoms with Crippen LogP contribution in [0.15, 0.2) is 47.6 Å². The molecular weight excluding hydrogens is 344 g/mol. The second kappa shape index (κ2) is 7.90. The van der Waals surface area contributed by atoms with Gasteiger partial charge in [0, 0.05) is 12.6 Å². The summed E-state index contributed by atoms with van der Waals surface area (Å²) >= 11 is 0. The Labute approximate surface area is 157 Å². The highest BCUT2D eigenvalue weighted by atomic mass is 16.5. The number of carbonyl (C=O) groups is 1. The third-order valence-corrected chi connectivity index (χ3v) is 4.35. The lowest BCUT2D eigenvalue weighted by molar-refractivity contribution is -0.120. The number of rotatable bonds is 6. The molecule has 3 rings (SSSR count). The summed E-state index contributed by atoms with van der Waals surface area (Å²) in [6, 6.07) is 13.3. The van der Waals surface area contributed by atoms with E-state index in [4.69, 9.17) is 9.47 Å². The maximum absolute atomic E-state index is 12.3. The summed E-state index contributed by atoms with van der Waals surface area (Å²) in [5.74, 6) is 1.71. The van der Waals surface area contributed by atoms with Gasteiger partial charge in [0.2, 0.25) is 5.91 Å². The normalized spacial score (nSPS) is 11.5. The monoisotopic (exact) mass is 366 g/mol. The fourth-order valence-electron chi connectivity index (χ4n) is 2.81. The van der Waals surface area contributed by atoms with Gasteiger partial charge in [0.05, 0.1) is 37.4 Å². The summed E-state index contributed by atoms with van der Waals surface area (Å²) < 4.78 is 12.4. The first-order valence-electron chi connectivity index (χ1n) is 8.49. The van der Waals surface area contributed by atoms with Crippen molar-refractivity contribution in [1.82, 2.24) is 15.0 Å². The zero-order valence-corrected chi connectivity index (χ0v) is 15.8. The number of nitrogens with one attached hydrogen (secondary N) is 1. The van der Waals surface area contributed by atoms with Crippen LogP contribution in [0, 0.1) is 0 Å². The summed E-state index contributed by atoms with van der Waals surface area (Å²) in [7, 11) is 5.06. The Balaban J connectivity index is 1.71. The quantitative estimate of drug-likeness (QED) is 0.537. The summed E-state index contributed by atoms with van der Waals surface area (Å²) in [4.78, 5) is 16.8. The van der Waals surface area contributed by atoms with E-state index >= 15 is 0 Å². The third kappa shape index (κ3) is 3.92. The van der Waals surface area contributed by atoms with E-state index < -0.39 is 0 Å². The Kier molecular flexibility index (Phi) is 5.40. The van der Waals surface area contributed by atoms with E-state index in [0.717, 1.165) is 16.6 Å². The van der Waals surface area contributed by atoms with E-state index in [1.54, 1.807) is 20.3 Å². The Morgan fingerprint density at radius 2 is 1.89 bits per heavy atom. The molecule has 7 heteroatoms. The molecule has 0 radical (unpaired) electrons. The molecule has 3 aromatic rings. The highest BCUT2D eigenvalue weighted by molar-refractivity contribution is 5.99. The van der Waals surface area contributed by atoms with Gasteiger partial charge >= 0.3 is 0 Å². The van der Waals surface area contributed by atoms with E-state index in [-0.39, 0.29) is 12.3 Å². The number of aromatic nitrogens is 2. The number of para-hydroxylation sites is 2. The number of carbonyl (C=O) groups excluding carboxylic acids is 1. The largest absolute Gasteiger partial charge is 0.493 e. The van der Waals surface area contributed by atoms with Crippen molar-refractivity contribution in [2.45, 2.75) is 13.3 Å². The molecule has 0 aliphatic carbocycles. The highest BCUT2D eigenvalue weighted by Gasteiger charge is 2.12. The van der Waals surface area contributed by atoms with Crippen molar-refractivity contribution in [3.8, 4) is 11.5 Å². The Bertz CT molecular complexity index is 1010. The van der Waals surface area contributed by atoms with Crippen molar-refractivity contribution < 1.29 is 14.3 Å². The predicted molar refractivity (Wildman–Crippen MR) is 104 cm³/mol. The molecule has 1 amide bonds. The van der Waals surface area contributed by atoms with Gasteiger partial charge < -0.3 is 14.0 Å². The van der Waals surface area contributed by atoms with Crippen LogP contribution < -0.4 is 14.9 Å². The molecule has 0 spiro atoms. The van der Waals surface area contributed by atoms with Crippen molar-refractivity contribution >= 4 is 22.7 Å². The Morgan fingerprint density at radius 3 is 2.59 bits per heavy atom. The lowest BCUT2D eigenvalue weighted by Crippen LogP contribution is -2.22. The van der Waals surface area contributed by atoms with Gasteiger partial charge in [0.15, 0.2) is 11.5 Å². The van der Waals surface area contributed by atoms with Gasteiger partial charge in [0.25, 0.3) is 0 Å². The molecule has 7 nitrogen and oxygen atoms in total. The van der Waals surface area contributed by atoms with Crippen LogP contribution in [0.1, 0.15) is 18.3 Å². The summed E-state index contributed by atoms with van der Waals surface area (Å²) in [5, 5.41) is 4.19. The molecule has 1 aromatic heterocycles. The van der Waals surface area contributed by atoms with E-state index in [0.29, 0.717) is 23.0 Å². The number of fused-ring (bicyclic) bond motifs is 1. The second-order valence-electron chi connectivity index (χ2n) is 6.05. The molecule has 0 unspecified atom stereocenters. The number of hydrogen-bond donors (Lipinski definition) is 1. The zero-order valence-electron chi connectivity index (χ0n) is 15.8. The number of hydrogen-bond acceptors (Lipinski definition) is 5.